The van der Waals surface area contributed by atoms with Crippen LogP contribution in [0.4, 0.5) is 27.9 Å². The first-order valence-corrected chi connectivity index (χ1v) is 13.9. The standard InChI is InChI=1S/C25H25ClN6O4S/c1-13-8-14(11-28-37(34,35)17-5-6-17)2-7-20(13)30-23-19(26)12-27-24(32-23)29-16-4-3-15-9-21-22(18(15)10-16)31-25(33)36-21/h2-4,7-8,10,12,17,21-22,28H,5-6,9,11H2,1H3,(H,31,33)(H2,27,29,30,32)/t21-,22+/m1/s1. The molecule has 0 unspecified atom stereocenters. The highest BCUT2D eigenvalue weighted by Gasteiger charge is 2.41. The molecule has 2 fully saturated rings. The van der Waals surface area contributed by atoms with Gasteiger partial charge in [0.1, 0.15) is 11.1 Å². The number of benzene rings is 2. The maximum absolute atomic E-state index is 12.1. The van der Waals surface area contributed by atoms with Crippen molar-refractivity contribution in [2.75, 3.05) is 10.6 Å². The zero-order chi connectivity index (χ0) is 25.7. The van der Waals surface area contributed by atoms with E-state index >= 15 is 0 Å². The molecule has 3 aromatic rings. The number of nitrogens with zero attached hydrogens (tertiary/aromatic N) is 2. The van der Waals surface area contributed by atoms with Crippen molar-refractivity contribution >= 4 is 50.9 Å². The molecule has 2 atom stereocenters. The summed E-state index contributed by atoms with van der Waals surface area (Å²) in [6.45, 7) is 2.18. The lowest BCUT2D eigenvalue weighted by molar-refractivity contribution is 0.136. The number of carbonyl (C=O) groups excluding carboxylic acids is 1. The van der Waals surface area contributed by atoms with Crippen LogP contribution >= 0.6 is 11.6 Å². The van der Waals surface area contributed by atoms with Crippen LogP contribution in [0, 0.1) is 6.92 Å². The number of aryl methyl sites for hydroxylation is 1. The SMILES string of the molecule is Cc1cc(CNS(=O)(=O)C2CC2)ccc1Nc1nc(Nc2ccc3c(c2)[C@@H]2NC(=O)O[C@@H]2C3)ncc1Cl. The summed E-state index contributed by atoms with van der Waals surface area (Å²) in [4.78, 5) is 20.4. The van der Waals surface area contributed by atoms with E-state index in [1.54, 1.807) is 0 Å². The second-order valence-electron chi connectivity index (χ2n) is 9.54. The molecule has 2 aromatic carbocycles. The fourth-order valence-electron chi connectivity index (χ4n) is 4.69. The van der Waals surface area contributed by atoms with Gasteiger partial charge in [0, 0.05) is 24.3 Å². The van der Waals surface area contributed by atoms with Crippen LogP contribution in [0.5, 0.6) is 0 Å². The number of carbonyl (C=O) groups is 1. The summed E-state index contributed by atoms with van der Waals surface area (Å²) >= 11 is 6.37. The Morgan fingerprint density at radius 2 is 2.00 bits per heavy atom. The topological polar surface area (TPSA) is 134 Å². The first-order chi connectivity index (χ1) is 17.7. The quantitative estimate of drug-likeness (QED) is 0.334. The van der Waals surface area contributed by atoms with Crippen LogP contribution in [0.15, 0.2) is 42.6 Å². The van der Waals surface area contributed by atoms with Gasteiger partial charge in [-0.05, 0) is 60.2 Å². The minimum absolute atomic E-state index is 0.150. The number of amides is 1. The number of hydrogen-bond acceptors (Lipinski definition) is 8. The smallest absolute Gasteiger partial charge is 0.408 e. The van der Waals surface area contributed by atoms with E-state index in [0.29, 0.717) is 23.2 Å². The molecule has 0 bridgehead atoms. The van der Waals surface area contributed by atoms with Crippen molar-refractivity contribution in [1.82, 2.24) is 20.0 Å². The summed E-state index contributed by atoms with van der Waals surface area (Å²) in [6, 6.07) is 11.4. The molecule has 0 radical (unpaired) electrons. The van der Waals surface area contributed by atoms with Crippen molar-refractivity contribution in [3.8, 4) is 0 Å². The van der Waals surface area contributed by atoms with Gasteiger partial charge in [-0.3, -0.25) is 0 Å². The molecule has 192 valence electrons. The van der Waals surface area contributed by atoms with Gasteiger partial charge in [-0.1, -0.05) is 29.8 Å². The Labute approximate surface area is 219 Å². The monoisotopic (exact) mass is 540 g/mol. The predicted molar refractivity (Wildman–Crippen MR) is 140 cm³/mol. The summed E-state index contributed by atoms with van der Waals surface area (Å²) in [5.74, 6) is 0.791. The molecule has 12 heteroatoms. The van der Waals surface area contributed by atoms with Crippen molar-refractivity contribution in [2.45, 2.75) is 50.1 Å². The summed E-state index contributed by atoms with van der Waals surface area (Å²) < 4.78 is 32.2. The molecule has 0 spiro atoms. The van der Waals surface area contributed by atoms with Crippen LogP contribution in [-0.2, 0) is 27.7 Å². The average molecular weight is 541 g/mol. The summed E-state index contributed by atoms with van der Waals surface area (Å²) in [5, 5.41) is 9.42. The number of nitrogens with one attached hydrogen (secondary N) is 4. The Hall–Kier alpha value is -3.41. The van der Waals surface area contributed by atoms with Gasteiger partial charge in [-0.2, -0.15) is 4.98 Å². The Morgan fingerprint density at radius 3 is 2.78 bits per heavy atom. The van der Waals surface area contributed by atoms with Crippen LogP contribution < -0.4 is 20.7 Å². The van der Waals surface area contributed by atoms with Crippen LogP contribution in [0.25, 0.3) is 0 Å². The lowest BCUT2D eigenvalue weighted by atomic mass is 10.1. The van der Waals surface area contributed by atoms with E-state index in [9.17, 15) is 13.2 Å². The van der Waals surface area contributed by atoms with Crippen LogP contribution in [0.2, 0.25) is 5.02 Å². The minimum atomic E-state index is -3.23. The zero-order valence-electron chi connectivity index (χ0n) is 19.9. The summed E-state index contributed by atoms with van der Waals surface area (Å²) in [5.41, 5.74) is 5.51. The summed E-state index contributed by atoms with van der Waals surface area (Å²) in [6.07, 6.45) is 3.11. The first kappa shape index (κ1) is 24.0. The van der Waals surface area contributed by atoms with E-state index in [0.717, 1.165) is 46.5 Å². The van der Waals surface area contributed by atoms with E-state index in [4.69, 9.17) is 16.3 Å². The third-order valence-corrected chi connectivity index (χ3v) is 8.96. The molecule has 2 aliphatic carbocycles. The Kier molecular flexibility index (Phi) is 5.93. The number of alkyl carbamates (subject to hydrolysis) is 1. The number of sulfonamides is 1. The molecule has 1 saturated carbocycles. The van der Waals surface area contributed by atoms with Gasteiger partial charge in [0.2, 0.25) is 16.0 Å². The maximum atomic E-state index is 12.1. The van der Waals surface area contributed by atoms with Crippen molar-refractivity contribution in [3.05, 3.63) is 69.9 Å². The number of fused-ring (bicyclic) bond motifs is 3. The van der Waals surface area contributed by atoms with E-state index in [2.05, 4.69) is 30.6 Å². The van der Waals surface area contributed by atoms with Gasteiger partial charge in [-0.25, -0.2) is 22.9 Å². The molecule has 1 saturated heterocycles. The highest BCUT2D eigenvalue weighted by molar-refractivity contribution is 7.90. The molecule has 10 nitrogen and oxygen atoms in total. The van der Waals surface area contributed by atoms with Gasteiger partial charge < -0.3 is 20.7 Å². The second-order valence-corrected chi connectivity index (χ2v) is 12.0. The van der Waals surface area contributed by atoms with Crippen LogP contribution in [0.3, 0.4) is 0 Å². The minimum Gasteiger partial charge on any atom is -0.443 e. The molecule has 1 aromatic heterocycles. The third kappa shape index (κ3) is 4.94. The molecule has 3 aliphatic rings. The van der Waals surface area contributed by atoms with E-state index in [-0.39, 0.29) is 23.9 Å². The molecule has 1 amide bonds. The molecule has 2 heterocycles. The molecule has 37 heavy (non-hydrogen) atoms. The zero-order valence-corrected chi connectivity index (χ0v) is 21.5. The van der Waals surface area contributed by atoms with Gasteiger partial charge in [0.25, 0.3) is 0 Å². The van der Waals surface area contributed by atoms with Gasteiger partial charge in [-0.15, -0.1) is 0 Å². The van der Waals surface area contributed by atoms with Crippen molar-refractivity contribution in [2.24, 2.45) is 0 Å². The lowest BCUT2D eigenvalue weighted by Gasteiger charge is -2.14. The highest BCUT2D eigenvalue weighted by atomic mass is 35.5. The fourth-order valence-corrected chi connectivity index (χ4v) is 6.19. The number of hydrogen-bond donors (Lipinski definition) is 4. The number of rotatable bonds is 8. The Balaban J connectivity index is 1.15. The van der Waals surface area contributed by atoms with E-state index in [1.165, 1.54) is 6.20 Å². The Bertz CT molecular complexity index is 1510. The normalized spacial score (nSPS) is 20.1. The Morgan fingerprint density at radius 1 is 1.16 bits per heavy atom. The van der Waals surface area contributed by atoms with Gasteiger partial charge in [0.05, 0.1) is 17.5 Å². The number of halogens is 1. The van der Waals surface area contributed by atoms with Crippen LogP contribution in [0.1, 0.15) is 41.1 Å². The first-order valence-electron chi connectivity index (χ1n) is 12.0. The van der Waals surface area contributed by atoms with E-state index < -0.39 is 16.1 Å². The largest absolute Gasteiger partial charge is 0.443 e. The number of aromatic nitrogens is 2. The molecular weight excluding hydrogens is 516 g/mol. The number of anilines is 4. The lowest BCUT2D eigenvalue weighted by Crippen LogP contribution is -2.26. The van der Waals surface area contributed by atoms with Gasteiger partial charge in [0.15, 0.2) is 5.82 Å². The maximum Gasteiger partial charge on any atom is 0.408 e. The highest BCUT2D eigenvalue weighted by Crippen LogP contribution is 2.38. The second kappa shape index (κ2) is 9.16. The van der Waals surface area contributed by atoms with Crippen molar-refractivity contribution in [3.63, 3.8) is 0 Å². The summed E-state index contributed by atoms with van der Waals surface area (Å²) in [7, 11) is -3.23. The van der Waals surface area contributed by atoms with Crippen molar-refractivity contribution in [1.29, 1.82) is 0 Å². The van der Waals surface area contributed by atoms with Crippen molar-refractivity contribution < 1.29 is 17.9 Å². The van der Waals surface area contributed by atoms with E-state index in [1.807, 2.05) is 43.3 Å². The average Bonchev–Trinajstić information content (AvgIpc) is 3.60. The van der Waals surface area contributed by atoms with Crippen LogP contribution in [-0.4, -0.2) is 35.8 Å². The molecule has 4 N–H and O–H groups in total. The van der Waals surface area contributed by atoms with Gasteiger partial charge >= 0.3 is 6.09 Å². The molecular formula is C25H25ClN6O4S. The number of ether oxygens (including phenoxy) is 1. The fraction of sp³-hybridized carbons (Fsp3) is 0.320. The molecule has 6 rings (SSSR count). The molecule has 1 aliphatic heterocycles. The third-order valence-electron chi connectivity index (χ3n) is 6.79. The predicted octanol–water partition coefficient (Wildman–Crippen LogP) is 4.21.